The largest absolute Gasteiger partial charge is 1.00 e. The summed E-state index contributed by atoms with van der Waals surface area (Å²) in [7, 11) is -4.59. The van der Waals surface area contributed by atoms with Gasteiger partial charge in [-0.15, -0.1) is 0 Å². The Morgan fingerprint density at radius 1 is 1.38 bits per heavy atom. The van der Waals surface area contributed by atoms with Gasteiger partial charge in [0.25, 0.3) is 0 Å². The van der Waals surface area contributed by atoms with Gasteiger partial charge in [-0.2, -0.15) is 0 Å². The molecular weight excluding hydrogens is 265 g/mol. The topological polar surface area (TPSA) is 86.3 Å². The molecule has 1 heterocycles. The van der Waals surface area contributed by atoms with Crippen molar-refractivity contribution in [2.45, 2.75) is 11.3 Å². The van der Waals surface area contributed by atoms with Gasteiger partial charge >= 0.3 is 29.6 Å². The second-order valence-corrected chi connectivity index (χ2v) is 4.87. The van der Waals surface area contributed by atoms with Gasteiger partial charge in [-0.1, -0.05) is 11.6 Å². The van der Waals surface area contributed by atoms with E-state index in [4.69, 9.17) is 11.6 Å². The van der Waals surface area contributed by atoms with Crippen molar-refractivity contribution in [1.29, 1.82) is 0 Å². The van der Waals surface area contributed by atoms with Gasteiger partial charge in [0.1, 0.15) is 10.1 Å². The normalized spacial score (nSPS) is 14.0. The second kappa shape index (κ2) is 4.64. The average molecular weight is 270 g/mol. The minimum absolute atomic E-state index is 0. The van der Waals surface area contributed by atoms with E-state index in [2.05, 4.69) is 5.32 Å². The summed E-state index contributed by atoms with van der Waals surface area (Å²) < 4.78 is 32.4. The fourth-order valence-electron chi connectivity index (χ4n) is 1.42. The molecule has 2 rings (SSSR count). The van der Waals surface area contributed by atoms with Gasteiger partial charge in [-0.3, -0.25) is 4.79 Å². The molecule has 1 N–H and O–H groups in total. The first-order valence-electron chi connectivity index (χ1n) is 3.96. The Morgan fingerprint density at radius 3 is 2.56 bits per heavy atom. The first-order valence-corrected chi connectivity index (χ1v) is 5.75. The van der Waals surface area contributed by atoms with E-state index in [9.17, 15) is 17.8 Å². The van der Waals surface area contributed by atoms with Crippen LogP contribution in [0.2, 0.25) is 5.02 Å². The van der Waals surface area contributed by atoms with Gasteiger partial charge in [0, 0.05) is 5.69 Å². The third kappa shape index (κ3) is 2.58. The van der Waals surface area contributed by atoms with E-state index in [-0.39, 0.29) is 46.9 Å². The van der Waals surface area contributed by atoms with Crippen LogP contribution in [-0.4, -0.2) is 18.9 Å². The van der Waals surface area contributed by atoms with Crippen molar-refractivity contribution in [2.75, 3.05) is 5.32 Å². The van der Waals surface area contributed by atoms with E-state index < -0.39 is 15.0 Å². The summed E-state index contributed by atoms with van der Waals surface area (Å²) in [4.78, 5) is 10.5. The van der Waals surface area contributed by atoms with Gasteiger partial charge in [0.15, 0.2) is 0 Å². The molecule has 1 amide bonds. The molecule has 0 fully saturated rings. The van der Waals surface area contributed by atoms with Crippen molar-refractivity contribution in [2.24, 2.45) is 0 Å². The van der Waals surface area contributed by atoms with Crippen molar-refractivity contribution < 1.29 is 47.3 Å². The van der Waals surface area contributed by atoms with Crippen LogP contribution in [0.4, 0.5) is 5.69 Å². The molecule has 0 saturated heterocycles. The van der Waals surface area contributed by atoms with E-state index >= 15 is 0 Å². The van der Waals surface area contributed by atoms with E-state index in [0.717, 1.165) is 6.07 Å². The number of nitrogens with one attached hydrogen (secondary N) is 1. The summed E-state index contributed by atoms with van der Waals surface area (Å²) in [6.45, 7) is 0. The molecular formula is C8H5ClNNaO4S. The molecule has 8 heteroatoms. The molecule has 16 heavy (non-hydrogen) atoms. The Kier molecular flexibility index (Phi) is 4.04. The number of amides is 1. The number of anilines is 1. The van der Waals surface area contributed by atoms with Gasteiger partial charge in [0.05, 0.1) is 16.3 Å². The van der Waals surface area contributed by atoms with E-state index in [0.29, 0.717) is 11.3 Å². The molecule has 0 aliphatic carbocycles. The Balaban J connectivity index is 0.00000128. The Morgan fingerprint density at radius 2 is 2.00 bits per heavy atom. The van der Waals surface area contributed by atoms with Crippen LogP contribution in [0.5, 0.6) is 0 Å². The summed E-state index contributed by atoms with van der Waals surface area (Å²) in [5, 5.41) is 2.32. The van der Waals surface area contributed by atoms with E-state index in [1.807, 2.05) is 0 Å². The number of fused-ring (bicyclic) bond motifs is 1. The van der Waals surface area contributed by atoms with Crippen LogP contribution in [0.25, 0.3) is 0 Å². The van der Waals surface area contributed by atoms with Crippen molar-refractivity contribution in [3.8, 4) is 0 Å². The van der Waals surface area contributed by atoms with Gasteiger partial charge < -0.3 is 9.87 Å². The van der Waals surface area contributed by atoms with Crippen molar-refractivity contribution in [3.05, 3.63) is 22.7 Å². The van der Waals surface area contributed by atoms with Crippen LogP contribution in [-0.2, 0) is 21.3 Å². The molecule has 0 atom stereocenters. The summed E-state index contributed by atoms with van der Waals surface area (Å²) in [6, 6.07) is 2.41. The molecule has 0 saturated carbocycles. The first-order chi connectivity index (χ1) is 6.88. The number of hydrogen-bond acceptors (Lipinski definition) is 4. The third-order valence-electron chi connectivity index (χ3n) is 2.05. The molecule has 80 valence electrons. The molecule has 1 aliphatic rings. The van der Waals surface area contributed by atoms with Crippen LogP contribution < -0.4 is 34.9 Å². The predicted octanol–water partition coefficient (Wildman–Crippen LogP) is -2.26. The molecule has 1 aromatic carbocycles. The zero-order valence-corrected chi connectivity index (χ0v) is 11.9. The number of halogens is 1. The number of benzene rings is 1. The Hall–Kier alpha value is -0.110. The SMILES string of the molecule is O=C1Cc2cc(S(=O)(=O)[O-])c(Cl)cc2N1.[Na+]. The predicted molar refractivity (Wildman–Crippen MR) is 51.7 cm³/mol. The van der Waals surface area contributed by atoms with E-state index in [1.165, 1.54) is 6.07 Å². The third-order valence-corrected chi connectivity index (χ3v) is 3.35. The molecule has 0 spiro atoms. The minimum atomic E-state index is -4.59. The summed E-state index contributed by atoms with van der Waals surface area (Å²) in [6.07, 6.45) is 0.0645. The minimum Gasteiger partial charge on any atom is -0.744 e. The number of carbonyl (C=O) groups is 1. The fraction of sp³-hybridized carbons (Fsp3) is 0.125. The maximum Gasteiger partial charge on any atom is 1.00 e. The van der Waals surface area contributed by atoms with Crippen molar-refractivity contribution in [1.82, 2.24) is 0 Å². The maximum absolute atomic E-state index is 11.0. The van der Waals surface area contributed by atoms with Gasteiger partial charge in [-0.05, 0) is 17.7 Å². The maximum atomic E-state index is 11.0. The molecule has 1 aromatic rings. The Labute approximate surface area is 119 Å². The average Bonchev–Trinajstić information content (AvgIpc) is 2.40. The number of carbonyl (C=O) groups excluding carboxylic acids is 1. The van der Waals surface area contributed by atoms with Crippen molar-refractivity contribution >= 4 is 33.3 Å². The summed E-state index contributed by atoms with van der Waals surface area (Å²) >= 11 is 5.61. The van der Waals surface area contributed by atoms with Crippen LogP contribution in [0.1, 0.15) is 5.56 Å². The van der Waals surface area contributed by atoms with Gasteiger partial charge in [-0.25, -0.2) is 8.42 Å². The van der Waals surface area contributed by atoms with Crippen LogP contribution in [0.15, 0.2) is 17.0 Å². The van der Waals surface area contributed by atoms with Crippen LogP contribution in [0.3, 0.4) is 0 Å². The van der Waals surface area contributed by atoms with Crippen LogP contribution in [0, 0.1) is 0 Å². The quantitative estimate of drug-likeness (QED) is 0.461. The summed E-state index contributed by atoms with van der Waals surface area (Å²) in [5.41, 5.74) is 0.927. The fourth-order valence-corrected chi connectivity index (χ4v) is 2.45. The molecule has 1 aliphatic heterocycles. The molecule has 0 aromatic heterocycles. The zero-order chi connectivity index (χ0) is 11.2. The standard InChI is InChI=1S/C8H6ClNO4S.Na/c9-5-3-6-4(2-8(11)10-6)1-7(5)15(12,13)14;/h1,3H,2H2,(H,10,11)(H,12,13,14);/q;+1/p-1. The Bertz CT molecular complexity index is 557. The monoisotopic (exact) mass is 269 g/mol. The second-order valence-electron chi connectivity index (χ2n) is 3.12. The van der Waals surface area contributed by atoms with Crippen LogP contribution >= 0.6 is 11.6 Å². The zero-order valence-electron chi connectivity index (χ0n) is 8.28. The molecule has 5 nitrogen and oxygen atoms in total. The van der Waals surface area contributed by atoms with Gasteiger partial charge in [0.2, 0.25) is 5.91 Å². The number of rotatable bonds is 1. The first kappa shape index (κ1) is 14.0. The number of hydrogen-bond donors (Lipinski definition) is 1. The smallest absolute Gasteiger partial charge is 0.744 e. The molecule has 0 unspecified atom stereocenters. The molecule has 0 bridgehead atoms. The summed E-state index contributed by atoms with van der Waals surface area (Å²) in [5.74, 6) is -0.249. The van der Waals surface area contributed by atoms with Crippen molar-refractivity contribution in [3.63, 3.8) is 0 Å². The van der Waals surface area contributed by atoms with E-state index in [1.54, 1.807) is 0 Å². The molecule has 0 radical (unpaired) electrons.